The standard InChI is InChI=1S/C19H21N3O5S/c1-24-15-9-12(10-16(25-2)17(15)26-3)11-20-22-19(28)21-14-7-5-13(6-8-14)18(23)27-4/h5-11H,1-4H3,(H2,21,22,28). The van der Waals surface area contributed by atoms with E-state index in [4.69, 9.17) is 26.4 Å². The quantitative estimate of drug-likeness (QED) is 0.316. The van der Waals surface area contributed by atoms with E-state index in [1.165, 1.54) is 14.2 Å². The first-order valence-corrected chi connectivity index (χ1v) is 8.51. The van der Waals surface area contributed by atoms with E-state index in [1.807, 2.05) is 0 Å². The highest BCUT2D eigenvalue weighted by Crippen LogP contribution is 2.37. The van der Waals surface area contributed by atoms with Crippen LogP contribution in [0.25, 0.3) is 0 Å². The van der Waals surface area contributed by atoms with E-state index in [0.29, 0.717) is 28.5 Å². The van der Waals surface area contributed by atoms with Crippen LogP contribution in [0.5, 0.6) is 17.2 Å². The van der Waals surface area contributed by atoms with Crippen LogP contribution in [-0.4, -0.2) is 45.7 Å². The van der Waals surface area contributed by atoms with Crippen molar-refractivity contribution in [2.75, 3.05) is 33.8 Å². The van der Waals surface area contributed by atoms with Gasteiger partial charge in [0, 0.05) is 11.3 Å². The predicted molar refractivity (Wildman–Crippen MR) is 111 cm³/mol. The van der Waals surface area contributed by atoms with E-state index in [1.54, 1.807) is 56.8 Å². The summed E-state index contributed by atoms with van der Waals surface area (Å²) >= 11 is 5.20. The third-order valence-electron chi connectivity index (χ3n) is 3.63. The molecule has 0 atom stereocenters. The molecule has 28 heavy (non-hydrogen) atoms. The maximum atomic E-state index is 11.4. The number of rotatable bonds is 7. The van der Waals surface area contributed by atoms with Gasteiger partial charge in [0.05, 0.1) is 40.2 Å². The smallest absolute Gasteiger partial charge is 0.337 e. The van der Waals surface area contributed by atoms with Gasteiger partial charge in [-0.05, 0) is 48.6 Å². The fraction of sp³-hybridized carbons (Fsp3) is 0.211. The molecule has 148 valence electrons. The summed E-state index contributed by atoms with van der Waals surface area (Å²) < 4.78 is 20.5. The number of esters is 1. The second-order valence-corrected chi connectivity index (χ2v) is 5.76. The number of hydrazone groups is 1. The minimum atomic E-state index is -0.401. The van der Waals surface area contributed by atoms with Crippen molar-refractivity contribution < 1.29 is 23.7 Å². The van der Waals surface area contributed by atoms with Crippen LogP contribution >= 0.6 is 12.2 Å². The van der Waals surface area contributed by atoms with Crippen molar-refractivity contribution in [1.82, 2.24) is 5.43 Å². The summed E-state index contributed by atoms with van der Waals surface area (Å²) in [5.74, 6) is 1.15. The molecular formula is C19H21N3O5S. The highest BCUT2D eigenvalue weighted by Gasteiger charge is 2.12. The van der Waals surface area contributed by atoms with Crippen molar-refractivity contribution in [3.8, 4) is 17.2 Å². The third-order valence-corrected chi connectivity index (χ3v) is 3.82. The first kappa shape index (κ1) is 21.0. The van der Waals surface area contributed by atoms with Crippen molar-refractivity contribution in [2.24, 2.45) is 5.10 Å². The Morgan fingerprint density at radius 3 is 2.11 bits per heavy atom. The van der Waals surface area contributed by atoms with Gasteiger partial charge in [-0.1, -0.05) is 0 Å². The molecule has 2 aromatic carbocycles. The molecule has 2 rings (SSSR count). The molecule has 0 saturated heterocycles. The Morgan fingerprint density at radius 1 is 1.00 bits per heavy atom. The summed E-state index contributed by atoms with van der Waals surface area (Å²) in [5, 5.41) is 7.35. The van der Waals surface area contributed by atoms with E-state index in [2.05, 4.69) is 20.6 Å². The maximum absolute atomic E-state index is 11.4. The molecule has 0 amide bonds. The molecule has 0 spiro atoms. The average molecular weight is 403 g/mol. The van der Waals surface area contributed by atoms with Crippen LogP contribution in [-0.2, 0) is 4.74 Å². The molecule has 0 aliphatic rings. The van der Waals surface area contributed by atoms with Crippen molar-refractivity contribution in [1.29, 1.82) is 0 Å². The van der Waals surface area contributed by atoms with Gasteiger partial charge in [0.15, 0.2) is 16.6 Å². The third kappa shape index (κ3) is 5.34. The highest BCUT2D eigenvalue weighted by atomic mass is 32.1. The minimum Gasteiger partial charge on any atom is -0.493 e. The van der Waals surface area contributed by atoms with Crippen LogP contribution in [0.2, 0.25) is 0 Å². The Balaban J connectivity index is 2.00. The van der Waals surface area contributed by atoms with Gasteiger partial charge in [0.2, 0.25) is 5.75 Å². The van der Waals surface area contributed by atoms with Crippen LogP contribution in [0.15, 0.2) is 41.5 Å². The lowest BCUT2D eigenvalue weighted by molar-refractivity contribution is 0.0601. The molecule has 0 aromatic heterocycles. The number of anilines is 1. The summed E-state index contributed by atoms with van der Waals surface area (Å²) in [6, 6.07) is 10.2. The van der Waals surface area contributed by atoms with Crippen molar-refractivity contribution in [3.05, 3.63) is 47.5 Å². The summed E-state index contributed by atoms with van der Waals surface area (Å²) in [6.45, 7) is 0. The van der Waals surface area contributed by atoms with Gasteiger partial charge in [-0.25, -0.2) is 4.79 Å². The number of nitrogens with one attached hydrogen (secondary N) is 2. The molecule has 0 unspecified atom stereocenters. The molecule has 2 N–H and O–H groups in total. The van der Waals surface area contributed by atoms with Crippen LogP contribution in [0.3, 0.4) is 0 Å². The molecule has 0 heterocycles. The normalized spacial score (nSPS) is 10.3. The molecular weight excluding hydrogens is 382 g/mol. The first-order chi connectivity index (χ1) is 13.5. The number of methoxy groups -OCH3 is 4. The lowest BCUT2D eigenvalue weighted by Crippen LogP contribution is -2.23. The van der Waals surface area contributed by atoms with Gasteiger partial charge in [-0.15, -0.1) is 0 Å². The van der Waals surface area contributed by atoms with Gasteiger partial charge < -0.3 is 24.3 Å². The SMILES string of the molecule is COC(=O)c1ccc(NC(=S)NN=Cc2cc(OC)c(OC)c(OC)c2)cc1. The fourth-order valence-corrected chi connectivity index (χ4v) is 2.48. The van der Waals surface area contributed by atoms with E-state index < -0.39 is 5.97 Å². The first-order valence-electron chi connectivity index (χ1n) is 8.10. The van der Waals surface area contributed by atoms with Crippen LogP contribution in [0.1, 0.15) is 15.9 Å². The van der Waals surface area contributed by atoms with Crippen LogP contribution in [0.4, 0.5) is 5.69 Å². The highest BCUT2D eigenvalue weighted by molar-refractivity contribution is 7.80. The number of ether oxygens (including phenoxy) is 4. The number of hydrogen-bond donors (Lipinski definition) is 2. The van der Waals surface area contributed by atoms with Gasteiger partial charge in [0.1, 0.15) is 0 Å². The average Bonchev–Trinajstić information content (AvgIpc) is 2.72. The molecule has 0 aliphatic heterocycles. The van der Waals surface area contributed by atoms with Crippen molar-refractivity contribution >= 4 is 35.2 Å². The molecule has 0 radical (unpaired) electrons. The molecule has 9 heteroatoms. The maximum Gasteiger partial charge on any atom is 0.337 e. The Morgan fingerprint density at radius 2 is 1.61 bits per heavy atom. The summed E-state index contributed by atoms with van der Waals surface area (Å²) in [4.78, 5) is 11.4. The van der Waals surface area contributed by atoms with E-state index in [-0.39, 0.29) is 5.11 Å². The second kappa shape index (κ2) is 10.1. The van der Waals surface area contributed by atoms with Crippen molar-refractivity contribution in [2.45, 2.75) is 0 Å². The predicted octanol–water partition coefficient (Wildman–Crippen LogP) is 2.82. The topological polar surface area (TPSA) is 90.4 Å². The number of benzene rings is 2. The zero-order valence-electron chi connectivity index (χ0n) is 15.9. The van der Waals surface area contributed by atoms with E-state index >= 15 is 0 Å². The van der Waals surface area contributed by atoms with E-state index in [0.717, 1.165) is 5.56 Å². The van der Waals surface area contributed by atoms with Gasteiger partial charge in [0.25, 0.3) is 0 Å². The summed E-state index contributed by atoms with van der Waals surface area (Å²) in [7, 11) is 5.96. The van der Waals surface area contributed by atoms with Gasteiger partial charge in [-0.2, -0.15) is 5.10 Å². The zero-order chi connectivity index (χ0) is 20.5. The second-order valence-electron chi connectivity index (χ2n) is 5.35. The zero-order valence-corrected chi connectivity index (χ0v) is 16.8. The summed E-state index contributed by atoms with van der Waals surface area (Å²) in [5.41, 5.74) is 4.60. The van der Waals surface area contributed by atoms with Crippen molar-refractivity contribution in [3.63, 3.8) is 0 Å². The number of carbonyl (C=O) groups excluding carboxylic acids is 1. The number of thiocarbonyl (C=S) groups is 1. The lowest BCUT2D eigenvalue weighted by atomic mass is 10.2. The van der Waals surface area contributed by atoms with E-state index in [9.17, 15) is 4.79 Å². The molecule has 0 saturated carbocycles. The molecule has 0 fully saturated rings. The molecule has 8 nitrogen and oxygen atoms in total. The van der Waals surface area contributed by atoms with Crippen LogP contribution < -0.4 is 25.0 Å². The Hall–Kier alpha value is -3.33. The van der Waals surface area contributed by atoms with Crippen LogP contribution in [0, 0.1) is 0 Å². The number of hydrogen-bond acceptors (Lipinski definition) is 7. The number of carbonyl (C=O) groups is 1. The lowest BCUT2D eigenvalue weighted by Gasteiger charge is -2.12. The summed E-state index contributed by atoms with van der Waals surface area (Å²) in [6.07, 6.45) is 1.57. The Kier molecular flexibility index (Phi) is 7.58. The molecule has 0 aliphatic carbocycles. The monoisotopic (exact) mass is 403 g/mol. The molecule has 0 bridgehead atoms. The number of nitrogens with zero attached hydrogens (tertiary/aromatic N) is 1. The largest absolute Gasteiger partial charge is 0.493 e. The minimum absolute atomic E-state index is 0.287. The van der Waals surface area contributed by atoms with Gasteiger partial charge in [-0.3, -0.25) is 5.43 Å². The molecule has 2 aromatic rings. The van der Waals surface area contributed by atoms with Gasteiger partial charge >= 0.3 is 5.97 Å². The Bertz CT molecular complexity index is 843. The Labute approximate surface area is 168 Å². The fourth-order valence-electron chi connectivity index (χ4n) is 2.31.